The molecule has 2 aromatic carbocycles. The highest BCUT2D eigenvalue weighted by Crippen LogP contribution is 2.35. The third-order valence-electron chi connectivity index (χ3n) is 8.17. The smallest absolute Gasteiger partial charge is 0.245 e. The molecule has 0 unspecified atom stereocenters. The van der Waals surface area contributed by atoms with E-state index in [4.69, 9.17) is 5.73 Å². The van der Waals surface area contributed by atoms with E-state index in [-0.39, 0.29) is 23.8 Å². The molecule has 0 radical (unpaired) electrons. The van der Waals surface area contributed by atoms with Crippen LogP contribution in [0.3, 0.4) is 0 Å². The molecule has 0 aliphatic carbocycles. The molecule has 0 saturated carbocycles. The van der Waals surface area contributed by atoms with Gasteiger partial charge in [0.1, 0.15) is 6.04 Å². The Morgan fingerprint density at radius 1 is 0.972 bits per heavy atom. The number of carbonyl (C=O) groups is 2. The SMILES string of the molecule is CC[C@H](C)[C@@H](NC(=O)[C@H](C)N)C(=O)N1C[C@@H](c2ccccc2)C[C@H]1CN1CC[C@@H](c2ccccc2)C1. The van der Waals surface area contributed by atoms with Crippen molar-refractivity contribution < 1.29 is 9.59 Å². The van der Waals surface area contributed by atoms with E-state index in [0.717, 1.165) is 38.9 Å². The first kappa shape index (κ1) is 26.4. The lowest BCUT2D eigenvalue weighted by atomic mass is 9.96. The van der Waals surface area contributed by atoms with E-state index in [2.05, 4.69) is 76.6 Å². The molecule has 0 bridgehead atoms. The Morgan fingerprint density at radius 2 is 1.58 bits per heavy atom. The van der Waals surface area contributed by atoms with E-state index in [1.165, 1.54) is 11.1 Å². The van der Waals surface area contributed by atoms with Crippen molar-refractivity contribution in [2.24, 2.45) is 11.7 Å². The number of benzene rings is 2. The molecule has 4 rings (SSSR count). The molecule has 0 spiro atoms. The number of hydrogen-bond acceptors (Lipinski definition) is 4. The fourth-order valence-electron chi connectivity index (χ4n) is 5.77. The second-order valence-electron chi connectivity index (χ2n) is 10.8. The third-order valence-corrected chi connectivity index (χ3v) is 8.17. The number of nitrogens with two attached hydrogens (primary N) is 1. The molecule has 2 aromatic rings. The molecule has 2 aliphatic rings. The largest absolute Gasteiger partial charge is 0.343 e. The van der Waals surface area contributed by atoms with E-state index in [0.29, 0.717) is 18.4 Å². The Labute approximate surface area is 216 Å². The Balaban J connectivity index is 1.52. The Bertz CT molecular complexity index is 997. The lowest BCUT2D eigenvalue weighted by Crippen LogP contribution is -2.56. The molecule has 6 atom stereocenters. The van der Waals surface area contributed by atoms with Gasteiger partial charge in [-0.05, 0) is 49.3 Å². The van der Waals surface area contributed by atoms with Crippen LogP contribution in [0.5, 0.6) is 0 Å². The molecule has 2 saturated heterocycles. The van der Waals surface area contributed by atoms with Crippen molar-refractivity contribution >= 4 is 11.8 Å². The van der Waals surface area contributed by atoms with Crippen LogP contribution in [0, 0.1) is 5.92 Å². The zero-order valence-corrected chi connectivity index (χ0v) is 22.0. The first-order valence-corrected chi connectivity index (χ1v) is 13.6. The van der Waals surface area contributed by atoms with Crippen molar-refractivity contribution in [3.8, 4) is 0 Å². The van der Waals surface area contributed by atoms with Gasteiger partial charge in [0.15, 0.2) is 0 Å². The quantitative estimate of drug-likeness (QED) is 0.561. The fraction of sp³-hybridized carbons (Fsp3) is 0.533. The minimum absolute atomic E-state index is 0.0283. The minimum atomic E-state index is -0.643. The second-order valence-corrected chi connectivity index (χ2v) is 10.8. The van der Waals surface area contributed by atoms with Crippen LogP contribution in [-0.4, -0.2) is 65.9 Å². The van der Waals surface area contributed by atoms with Crippen LogP contribution in [0.15, 0.2) is 60.7 Å². The fourth-order valence-corrected chi connectivity index (χ4v) is 5.77. The molecular formula is C30H42N4O2. The number of amides is 2. The van der Waals surface area contributed by atoms with Crippen molar-refractivity contribution in [2.75, 3.05) is 26.2 Å². The molecule has 0 aromatic heterocycles. The van der Waals surface area contributed by atoms with Gasteiger partial charge in [-0.2, -0.15) is 0 Å². The van der Waals surface area contributed by atoms with E-state index in [9.17, 15) is 9.59 Å². The van der Waals surface area contributed by atoms with Crippen LogP contribution in [0.4, 0.5) is 0 Å². The van der Waals surface area contributed by atoms with Crippen molar-refractivity contribution in [3.05, 3.63) is 71.8 Å². The van der Waals surface area contributed by atoms with Gasteiger partial charge < -0.3 is 20.9 Å². The van der Waals surface area contributed by atoms with Gasteiger partial charge in [0.2, 0.25) is 11.8 Å². The summed E-state index contributed by atoms with van der Waals surface area (Å²) in [6, 6.07) is 20.2. The predicted octanol–water partition coefficient (Wildman–Crippen LogP) is 3.74. The number of rotatable bonds is 9. The van der Waals surface area contributed by atoms with Gasteiger partial charge in [-0.15, -0.1) is 0 Å². The van der Waals surface area contributed by atoms with E-state index in [1.54, 1.807) is 6.92 Å². The predicted molar refractivity (Wildman–Crippen MR) is 145 cm³/mol. The summed E-state index contributed by atoms with van der Waals surface area (Å²) in [6.45, 7) is 9.38. The first-order chi connectivity index (χ1) is 17.4. The zero-order valence-electron chi connectivity index (χ0n) is 22.0. The van der Waals surface area contributed by atoms with Gasteiger partial charge in [-0.1, -0.05) is 80.9 Å². The summed E-state index contributed by atoms with van der Waals surface area (Å²) in [4.78, 5) is 31.1. The normalized spacial score (nSPS) is 24.9. The average Bonchev–Trinajstić information content (AvgIpc) is 3.55. The summed E-state index contributed by atoms with van der Waals surface area (Å²) in [5, 5.41) is 2.97. The summed E-state index contributed by atoms with van der Waals surface area (Å²) < 4.78 is 0. The molecule has 3 N–H and O–H groups in total. The topological polar surface area (TPSA) is 78.7 Å². The minimum Gasteiger partial charge on any atom is -0.343 e. The van der Waals surface area contributed by atoms with Gasteiger partial charge in [0.05, 0.1) is 6.04 Å². The summed E-state index contributed by atoms with van der Waals surface area (Å²) in [7, 11) is 0. The van der Waals surface area contributed by atoms with Crippen LogP contribution >= 0.6 is 0 Å². The van der Waals surface area contributed by atoms with Gasteiger partial charge in [0, 0.05) is 31.6 Å². The van der Waals surface area contributed by atoms with Crippen LogP contribution in [-0.2, 0) is 9.59 Å². The van der Waals surface area contributed by atoms with Crippen LogP contribution in [0.25, 0.3) is 0 Å². The Morgan fingerprint density at radius 3 is 2.17 bits per heavy atom. The molecule has 6 nitrogen and oxygen atoms in total. The number of nitrogens with zero attached hydrogens (tertiary/aromatic N) is 2. The summed E-state index contributed by atoms with van der Waals surface area (Å²) >= 11 is 0. The first-order valence-electron chi connectivity index (χ1n) is 13.6. The molecule has 2 heterocycles. The van der Waals surface area contributed by atoms with Gasteiger partial charge in [0.25, 0.3) is 0 Å². The third kappa shape index (κ3) is 6.16. The molecule has 2 aliphatic heterocycles. The zero-order chi connectivity index (χ0) is 25.7. The number of carbonyl (C=O) groups excluding carboxylic acids is 2. The summed E-state index contributed by atoms with van der Waals surface area (Å²) in [5.74, 6) is 0.634. The van der Waals surface area contributed by atoms with Crippen LogP contribution < -0.4 is 11.1 Å². The summed E-state index contributed by atoms with van der Waals surface area (Å²) in [6.07, 6.45) is 2.89. The highest BCUT2D eigenvalue weighted by molar-refractivity contribution is 5.90. The van der Waals surface area contributed by atoms with Crippen molar-refractivity contribution in [1.82, 2.24) is 15.1 Å². The number of likely N-dealkylation sites (tertiary alicyclic amines) is 2. The van der Waals surface area contributed by atoms with Crippen molar-refractivity contribution in [3.63, 3.8) is 0 Å². The maximum Gasteiger partial charge on any atom is 0.245 e. The molecule has 194 valence electrons. The molecule has 36 heavy (non-hydrogen) atoms. The monoisotopic (exact) mass is 490 g/mol. The molecule has 2 amide bonds. The maximum absolute atomic E-state index is 14.0. The van der Waals surface area contributed by atoms with E-state index < -0.39 is 12.1 Å². The standard InChI is InChI=1S/C30H42N4O2/c1-4-21(2)28(32-29(35)22(3)31)30(36)34-19-26(24-13-9-6-10-14-24)17-27(34)20-33-16-15-25(18-33)23-11-7-5-8-12-23/h5-14,21-22,25-28H,4,15-20,31H2,1-3H3,(H,32,35)/t21-,22-,25+,26-,27-,28+/m0/s1. The second kappa shape index (κ2) is 12.0. The number of nitrogens with one attached hydrogen (secondary N) is 1. The van der Waals surface area contributed by atoms with Gasteiger partial charge in [-0.3, -0.25) is 9.59 Å². The molecular weight excluding hydrogens is 448 g/mol. The van der Waals surface area contributed by atoms with Crippen LogP contribution in [0.1, 0.15) is 63.0 Å². The number of hydrogen-bond donors (Lipinski definition) is 2. The lowest BCUT2D eigenvalue weighted by molar-refractivity contribution is -0.139. The van der Waals surface area contributed by atoms with Crippen molar-refractivity contribution in [1.29, 1.82) is 0 Å². The maximum atomic E-state index is 14.0. The Kier molecular flexibility index (Phi) is 8.81. The molecule has 2 fully saturated rings. The summed E-state index contributed by atoms with van der Waals surface area (Å²) in [5.41, 5.74) is 8.51. The van der Waals surface area contributed by atoms with Gasteiger partial charge in [-0.25, -0.2) is 0 Å². The van der Waals surface area contributed by atoms with Gasteiger partial charge >= 0.3 is 0 Å². The highest BCUT2D eigenvalue weighted by Gasteiger charge is 2.41. The van der Waals surface area contributed by atoms with E-state index in [1.807, 2.05) is 13.0 Å². The van der Waals surface area contributed by atoms with Crippen molar-refractivity contribution in [2.45, 2.75) is 70.0 Å². The van der Waals surface area contributed by atoms with E-state index >= 15 is 0 Å². The lowest BCUT2D eigenvalue weighted by Gasteiger charge is -2.34. The van der Waals surface area contributed by atoms with Crippen LogP contribution in [0.2, 0.25) is 0 Å². The highest BCUT2D eigenvalue weighted by atomic mass is 16.2. The average molecular weight is 491 g/mol. The molecule has 6 heteroatoms. The Hall–Kier alpha value is -2.70.